The molecule has 0 bridgehead atoms. The van der Waals surface area contributed by atoms with Gasteiger partial charge in [0, 0.05) is 0 Å². The maximum atomic E-state index is 10.1. The lowest BCUT2D eigenvalue weighted by atomic mass is 10.1. The van der Waals surface area contributed by atoms with E-state index in [4.69, 9.17) is 0 Å². The molecule has 0 amide bonds. The number of allylic oxidation sites excluding steroid dienone is 4. The van der Waals surface area contributed by atoms with E-state index in [1.807, 2.05) is 37.3 Å². The van der Waals surface area contributed by atoms with Crippen LogP contribution in [0.3, 0.4) is 0 Å². The first-order chi connectivity index (χ1) is 9.10. The average Bonchev–Trinajstić information content (AvgIpc) is 2.80. The van der Waals surface area contributed by atoms with Crippen molar-refractivity contribution in [1.82, 2.24) is 15.0 Å². The van der Waals surface area contributed by atoms with Gasteiger partial charge in [0.1, 0.15) is 23.3 Å². The van der Waals surface area contributed by atoms with E-state index in [9.17, 15) is 5.11 Å². The topological polar surface area (TPSA) is 50.9 Å². The van der Waals surface area contributed by atoms with E-state index in [0.717, 1.165) is 23.0 Å². The molecule has 4 nitrogen and oxygen atoms in total. The van der Waals surface area contributed by atoms with Crippen molar-refractivity contribution in [1.29, 1.82) is 0 Å². The van der Waals surface area contributed by atoms with Crippen LogP contribution in [0, 0.1) is 0 Å². The molecular formula is C15H19N3O. The Morgan fingerprint density at radius 1 is 1.21 bits per heavy atom. The third-order valence-corrected chi connectivity index (χ3v) is 3.10. The number of hydrogen-bond acceptors (Lipinski definition) is 3. The SMILES string of the molecule is CC/C(C)=C\C(C)=C(\O)Cn1nc2ccccc2n1. The third kappa shape index (κ3) is 3.22. The molecule has 0 radical (unpaired) electrons. The highest BCUT2D eigenvalue weighted by Crippen LogP contribution is 2.12. The van der Waals surface area contributed by atoms with Crippen molar-refractivity contribution in [2.75, 3.05) is 0 Å². The van der Waals surface area contributed by atoms with Crippen LogP contribution in [0.15, 0.2) is 47.2 Å². The van der Waals surface area contributed by atoms with Gasteiger partial charge in [-0.1, -0.05) is 30.7 Å². The quantitative estimate of drug-likeness (QED) is 0.672. The number of benzene rings is 1. The Hall–Kier alpha value is -2.10. The molecule has 1 heterocycles. The fourth-order valence-corrected chi connectivity index (χ4v) is 1.79. The summed E-state index contributed by atoms with van der Waals surface area (Å²) in [5.41, 5.74) is 3.78. The van der Waals surface area contributed by atoms with E-state index in [1.54, 1.807) is 0 Å². The summed E-state index contributed by atoms with van der Waals surface area (Å²) in [6, 6.07) is 7.67. The van der Waals surface area contributed by atoms with Crippen LogP contribution in [-0.4, -0.2) is 20.1 Å². The molecule has 0 saturated carbocycles. The van der Waals surface area contributed by atoms with Crippen LogP contribution in [-0.2, 0) is 6.54 Å². The second kappa shape index (κ2) is 5.69. The number of rotatable bonds is 4. The highest BCUT2D eigenvalue weighted by atomic mass is 16.3. The predicted octanol–water partition coefficient (Wildman–Crippen LogP) is 3.62. The van der Waals surface area contributed by atoms with Crippen LogP contribution >= 0.6 is 0 Å². The Kier molecular flexibility index (Phi) is 4.00. The zero-order chi connectivity index (χ0) is 13.8. The van der Waals surface area contributed by atoms with Gasteiger partial charge in [-0.2, -0.15) is 15.0 Å². The first kappa shape index (κ1) is 13.3. The van der Waals surface area contributed by atoms with Crippen LogP contribution in [0.5, 0.6) is 0 Å². The molecule has 1 aromatic carbocycles. The van der Waals surface area contributed by atoms with Gasteiger partial charge in [0.25, 0.3) is 0 Å². The Morgan fingerprint density at radius 2 is 1.79 bits per heavy atom. The highest BCUT2D eigenvalue weighted by molar-refractivity contribution is 5.72. The van der Waals surface area contributed by atoms with E-state index in [2.05, 4.69) is 24.0 Å². The Bertz CT molecular complexity index is 605. The molecule has 0 atom stereocenters. The van der Waals surface area contributed by atoms with Crippen LogP contribution in [0.1, 0.15) is 27.2 Å². The van der Waals surface area contributed by atoms with E-state index in [0.29, 0.717) is 12.3 Å². The zero-order valence-electron chi connectivity index (χ0n) is 11.6. The summed E-state index contributed by atoms with van der Waals surface area (Å²) in [4.78, 5) is 1.53. The van der Waals surface area contributed by atoms with E-state index >= 15 is 0 Å². The van der Waals surface area contributed by atoms with Crippen molar-refractivity contribution in [3.63, 3.8) is 0 Å². The lowest BCUT2D eigenvalue weighted by Crippen LogP contribution is -2.05. The minimum absolute atomic E-state index is 0.299. The molecular weight excluding hydrogens is 238 g/mol. The second-order valence-corrected chi connectivity index (χ2v) is 4.69. The van der Waals surface area contributed by atoms with Crippen LogP contribution in [0.2, 0.25) is 0 Å². The van der Waals surface area contributed by atoms with E-state index in [1.165, 1.54) is 10.4 Å². The number of aliphatic hydroxyl groups excluding tert-OH is 1. The Balaban J connectivity index is 2.22. The number of aliphatic hydroxyl groups is 1. The van der Waals surface area contributed by atoms with Crippen molar-refractivity contribution in [3.8, 4) is 0 Å². The number of nitrogens with zero attached hydrogens (tertiary/aromatic N) is 3. The van der Waals surface area contributed by atoms with Gasteiger partial charge >= 0.3 is 0 Å². The second-order valence-electron chi connectivity index (χ2n) is 4.69. The summed E-state index contributed by atoms with van der Waals surface area (Å²) in [7, 11) is 0. The smallest absolute Gasteiger partial charge is 0.118 e. The van der Waals surface area contributed by atoms with Gasteiger partial charge in [-0.05, 0) is 38.0 Å². The Morgan fingerprint density at radius 3 is 2.32 bits per heavy atom. The molecule has 0 fully saturated rings. The normalized spacial score (nSPS) is 13.7. The van der Waals surface area contributed by atoms with E-state index < -0.39 is 0 Å². The maximum absolute atomic E-state index is 10.1. The lowest BCUT2D eigenvalue weighted by molar-refractivity contribution is 0.352. The molecule has 0 aliphatic heterocycles. The van der Waals surface area contributed by atoms with Gasteiger partial charge in [-0.15, -0.1) is 0 Å². The first-order valence-electron chi connectivity index (χ1n) is 6.46. The number of fused-ring (bicyclic) bond motifs is 1. The molecule has 0 aliphatic carbocycles. The maximum Gasteiger partial charge on any atom is 0.118 e. The molecule has 0 unspecified atom stereocenters. The molecule has 1 N–H and O–H groups in total. The van der Waals surface area contributed by atoms with Gasteiger partial charge < -0.3 is 5.11 Å². The lowest BCUT2D eigenvalue weighted by Gasteiger charge is -2.03. The summed E-state index contributed by atoms with van der Waals surface area (Å²) >= 11 is 0. The molecule has 0 saturated heterocycles. The minimum Gasteiger partial charge on any atom is -0.510 e. The largest absolute Gasteiger partial charge is 0.510 e. The molecule has 4 heteroatoms. The van der Waals surface area contributed by atoms with E-state index in [-0.39, 0.29) is 0 Å². The summed E-state index contributed by atoms with van der Waals surface area (Å²) < 4.78 is 0. The van der Waals surface area contributed by atoms with Gasteiger partial charge in [0.05, 0.1) is 0 Å². The first-order valence-corrected chi connectivity index (χ1v) is 6.46. The van der Waals surface area contributed by atoms with Gasteiger partial charge in [0.2, 0.25) is 0 Å². The summed E-state index contributed by atoms with van der Waals surface area (Å²) in [5.74, 6) is 0.299. The van der Waals surface area contributed by atoms with Crippen LogP contribution < -0.4 is 0 Å². The van der Waals surface area contributed by atoms with Crippen molar-refractivity contribution < 1.29 is 5.11 Å². The summed E-state index contributed by atoms with van der Waals surface area (Å²) in [6.07, 6.45) is 2.98. The zero-order valence-corrected chi connectivity index (χ0v) is 11.6. The minimum atomic E-state index is 0.299. The molecule has 100 valence electrons. The van der Waals surface area contributed by atoms with Crippen molar-refractivity contribution in [2.45, 2.75) is 33.7 Å². The summed E-state index contributed by atoms with van der Waals surface area (Å²) in [5, 5.41) is 18.7. The fraction of sp³-hybridized carbons (Fsp3) is 0.333. The standard InChI is InChI=1S/C15H19N3O/c1-4-11(2)9-12(3)15(19)10-18-16-13-7-5-6-8-14(13)17-18/h5-9,19H,4,10H2,1-3H3/b11-9-,15-12+. The van der Waals surface area contributed by atoms with Crippen LogP contribution in [0.4, 0.5) is 0 Å². The third-order valence-electron chi connectivity index (χ3n) is 3.10. The number of aromatic nitrogens is 3. The molecule has 19 heavy (non-hydrogen) atoms. The van der Waals surface area contributed by atoms with Crippen LogP contribution in [0.25, 0.3) is 11.0 Å². The fourth-order valence-electron chi connectivity index (χ4n) is 1.79. The molecule has 2 rings (SSSR count). The summed E-state index contributed by atoms with van der Waals surface area (Å²) in [6.45, 7) is 6.35. The molecule has 1 aromatic heterocycles. The van der Waals surface area contributed by atoms with Gasteiger partial charge in [0.15, 0.2) is 0 Å². The van der Waals surface area contributed by atoms with Gasteiger partial charge in [-0.25, -0.2) is 0 Å². The predicted molar refractivity (Wildman–Crippen MR) is 76.9 cm³/mol. The van der Waals surface area contributed by atoms with Crippen molar-refractivity contribution in [2.24, 2.45) is 0 Å². The molecule has 0 aliphatic rings. The van der Waals surface area contributed by atoms with Crippen molar-refractivity contribution in [3.05, 3.63) is 47.2 Å². The average molecular weight is 257 g/mol. The van der Waals surface area contributed by atoms with Gasteiger partial charge in [-0.3, -0.25) is 0 Å². The highest BCUT2D eigenvalue weighted by Gasteiger charge is 2.05. The molecule has 0 spiro atoms. The molecule has 2 aromatic rings. The Labute approximate surface area is 113 Å². The monoisotopic (exact) mass is 257 g/mol. The van der Waals surface area contributed by atoms with Crippen molar-refractivity contribution >= 4 is 11.0 Å². The number of hydrogen-bond donors (Lipinski definition) is 1.